The maximum Gasteiger partial charge on any atom is 0.399 e. The summed E-state index contributed by atoms with van der Waals surface area (Å²) in [6, 6.07) is 8.60. The van der Waals surface area contributed by atoms with Gasteiger partial charge in [-0.3, -0.25) is 9.46 Å². The highest BCUT2D eigenvalue weighted by Crippen LogP contribution is 2.60. The highest BCUT2D eigenvalue weighted by molar-refractivity contribution is 9.10. The molecule has 0 aliphatic heterocycles. The van der Waals surface area contributed by atoms with Crippen molar-refractivity contribution >= 4 is 70.0 Å². The number of carbonyl (C=O) groups is 1. The second-order valence-corrected chi connectivity index (χ2v) is 11.8. The molecule has 2 aromatic carbocycles. The van der Waals surface area contributed by atoms with Crippen molar-refractivity contribution in [2.45, 2.75) is 25.1 Å². The van der Waals surface area contributed by atoms with Gasteiger partial charge in [-0.05, 0) is 48.2 Å². The van der Waals surface area contributed by atoms with Crippen LogP contribution >= 0.6 is 46.7 Å². The molecule has 2 N–H and O–H groups in total. The highest BCUT2D eigenvalue weighted by Gasteiger charge is 2.51. The molecule has 1 aliphatic rings. The van der Waals surface area contributed by atoms with E-state index in [0.29, 0.717) is 40.4 Å². The highest BCUT2D eigenvalue weighted by atomic mass is 79.9. The van der Waals surface area contributed by atoms with Gasteiger partial charge in [0.1, 0.15) is 0 Å². The third-order valence-electron chi connectivity index (χ3n) is 5.92. The van der Waals surface area contributed by atoms with Crippen molar-refractivity contribution in [1.82, 2.24) is 4.98 Å². The maximum atomic E-state index is 14.3. The average molecular weight is 664 g/mol. The number of alkyl halides is 2. The molecule has 0 fully saturated rings. The van der Waals surface area contributed by atoms with Crippen LogP contribution in [0, 0.1) is 0 Å². The number of oxazole rings is 1. The van der Waals surface area contributed by atoms with E-state index in [1.807, 2.05) is 0 Å². The summed E-state index contributed by atoms with van der Waals surface area (Å²) in [6.45, 7) is 0.0592. The molecule has 0 saturated carbocycles. The van der Waals surface area contributed by atoms with Crippen LogP contribution in [0.25, 0.3) is 5.57 Å². The minimum absolute atomic E-state index is 0.0592. The molecule has 4 rings (SSSR count). The smallest absolute Gasteiger partial charge is 0.399 e. The second kappa shape index (κ2) is 11.5. The molecule has 206 valence electrons. The number of aromatic nitrogens is 1. The Balaban J connectivity index is 1.69. The third kappa shape index (κ3) is 6.29. The van der Waals surface area contributed by atoms with E-state index in [1.165, 1.54) is 25.4 Å². The van der Waals surface area contributed by atoms with Crippen LogP contribution in [0.15, 0.2) is 69.2 Å². The largest absolute Gasteiger partial charge is 0.466 e. The Morgan fingerprint density at radius 3 is 2.51 bits per heavy atom. The Morgan fingerprint density at radius 2 is 1.92 bits per heavy atom. The van der Waals surface area contributed by atoms with Crippen LogP contribution < -0.4 is 4.90 Å². The number of esters is 1. The summed E-state index contributed by atoms with van der Waals surface area (Å²) in [5, 5.41) is 0.583. The summed E-state index contributed by atoms with van der Waals surface area (Å²) in [4.78, 5) is 36.0. The Bertz CT molecular complexity index is 1540. The van der Waals surface area contributed by atoms with E-state index >= 15 is 0 Å². The molecule has 0 unspecified atom stereocenters. The summed E-state index contributed by atoms with van der Waals surface area (Å²) in [7, 11) is -4.43. The van der Waals surface area contributed by atoms with Crippen molar-refractivity contribution in [1.29, 1.82) is 0 Å². The number of ether oxygens (including phenoxy) is 1. The number of halogens is 5. The number of nitrogens with zero attached hydrogens (tertiary/aromatic N) is 2. The lowest BCUT2D eigenvalue weighted by Crippen LogP contribution is -2.18. The monoisotopic (exact) mass is 662 g/mol. The van der Waals surface area contributed by atoms with Crippen LogP contribution in [0.4, 0.5) is 20.5 Å². The number of benzene rings is 2. The van der Waals surface area contributed by atoms with Crippen LogP contribution in [-0.2, 0) is 26.3 Å². The summed E-state index contributed by atoms with van der Waals surface area (Å²) >= 11 is 15.3. The van der Waals surface area contributed by atoms with E-state index < -0.39 is 24.8 Å². The number of allylic oxidation sites excluding steroid dienone is 3. The van der Waals surface area contributed by atoms with Gasteiger partial charge in [0.25, 0.3) is 0 Å². The first-order valence-corrected chi connectivity index (χ1v) is 14.4. The lowest BCUT2D eigenvalue weighted by molar-refractivity contribution is -0.136. The second-order valence-electron chi connectivity index (χ2n) is 8.47. The first kappa shape index (κ1) is 29.5. The zero-order valence-corrected chi connectivity index (χ0v) is 24.1. The summed E-state index contributed by atoms with van der Waals surface area (Å²) in [5.41, 5.74) is -2.85. The molecule has 1 aromatic heterocycles. The predicted molar refractivity (Wildman–Crippen MR) is 146 cm³/mol. The van der Waals surface area contributed by atoms with Crippen molar-refractivity contribution in [2.75, 3.05) is 12.0 Å². The van der Waals surface area contributed by atoms with Crippen molar-refractivity contribution in [3.8, 4) is 0 Å². The minimum atomic E-state index is -5.75. The van der Waals surface area contributed by atoms with E-state index in [-0.39, 0.29) is 22.1 Å². The molecule has 1 heterocycles. The lowest BCUT2D eigenvalue weighted by atomic mass is 9.97. The van der Waals surface area contributed by atoms with E-state index in [1.54, 1.807) is 35.3 Å². The molecule has 39 heavy (non-hydrogen) atoms. The molecule has 14 heteroatoms. The molecule has 8 nitrogen and oxygen atoms in total. The molecule has 0 radical (unpaired) electrons. The first-order chi connectivity index (χ1) is 18.3. The fourth-order valence-corrected chi connectivity index (χ4v) is 5.47. The number of hydrogen-bond donors (Lipinski definition) is 2. The number of carbonyl (C=O) groups excluding carboxylic acids is 1. The number of rotatable bonds is 8. The van der Waals surface area contributed by atoms with E-state index in [4.69, 9.17) is 42.1 Å². The van der Waals surface area contributed by atoms with E-state index in [2.05, 4.69) is 20.9 Å². The zero-order chi connectivity index (χ0) is 28.5. The van der Waals surface area contributed by atoms with Crippen LogP contribution in [-0.4, -0.2) is 27.8 Å². The number of methoxy groups -OCH3 is 1. The molecule has 0 spiro atoms. The molecule has 0 saturated heterocycles. The summed E-state index contributed by atoms with van der Waals surface area (Å²) in [6.07, 6.45) is 5.92. The van der Waals surface area contributed by atoms with Gasteiger partial charge in [-0.25, -0.2) is 9.78 Å². The maximum absolute atomic E-state index is 14.3. The fourth-order valence-electron chi connectivity index (χ4n) is 3.84. The molecule has 3 aromatic rings. The Morgan fingerprint density at radius 1 is 1.18 bits per heavy atom. The molecule has 0 bridgehead atoms. The van der Waals surface area contributed by atoms with Crippen LogP contribution in [0.1, 0.15) is 29.7 Å². The van der Waals surface area contributed by atoms with Gasteiger partial charge < -0.3 is 18.9 Å². The van der Waals surface area contributed by atoms with E-state index in [0.717, 1.165) is 11.6 Å². The Labute approximate surface area is 240 Å². The van der Waals surface area contributed by atoms with Crippen molar-refractivity contribution in [3.05, 3.63) is 91.7 Å². The van der Waals surface area contributed by atoms with Gasteiger partial charge in [0, 0.05) is 21.3 Å². The van der Waals surface area contributed by atoms with Crippen LogP contribution in [0.5, 0.6) is 0 Å². The number of hydrogen-bond acceptors (Lipinski definition) is 6. The quantitative estimate of drug-likeness (QED) is 0.187. The van der Waals surface area contributed by atoms with Crippen LogP contribution in [0.3, 0.4) is 0 Å². The van der Waals surface area contributed by atoms with Crippen molar-refractivity contribution in [3.63, 3.8) is 0 Å². The fraction of sp³-hybridized carbons (Fsp3) is 0.200. The van der Waals surface area contributed by atoms with Gasteiger partial charge in [0.15, 0.2) is 5.76 Å². The van der Waals surface area contributed by atoms with Gasteiger partial charge in [-0.2, -0.15) is 8.78 Å². The third-order valence-corrected chi connectivity index (χ3v) is 8.28. The molecule has 0 atom stereocenters. The first-order valence-electron chi connectivity index (χ1n) is 11.2. The van der Waals surface area contributed by atoms with E-state index in [9.17, 15) is 18.1 Å². The Kier molecular flexibility index (Phi) is 8.70. The zero-order valence-electron chi connectivity index (χ0n) is 20.1. The van der Waals surface area contributed by atoms with Crippen molar-refractivity contribution < 1.29 is 37.1 Å². The molecular weight excluding hydrogens is 644 g/mol. The SMILES string of the molecule is COC(=O)C1=CC=C(c2cnc(N(Cc3ccc(C(F)(F)P(=O)(O)O)c(Br)c3)c3ccc(Cl)c(Cl)c3)o2)CC1. The topological polar surface area (TPSA) is 113 Å². The van der Waals surface area contributed by atoms with Crippen molar-refractivity contribution in [2.24, 2.45) is 0 Å². The Hall–Kier alpha value is -2.53. The van der Waals surface area contributed by atoms with Gasteiger partial charge >= 0.3 is 25.2 Å². The molecule has 1 aliphatic carbocycles. The normalized spacial score (nSPS) is 14.1. The predicted octanol–water partition coefficient (Wildman–Crippen LogP) is 7.59. The molecule has 0 amide bonds. The van der Waals surface area contributed by atoms with Gasteiger partial charge in [-0.15, -0.1) is 0 Å². The summed E-state index contributed by atoms with van der Waals surface area (Å²) in [5.74, 6) is 0.0677. The van der Waals surface area contributed by atoms with Crippen LogP contribution in [0.2, 0.25) is 10.0 Å². The standard InChI is InChI=1S/C25H20BrCl2F2N2O6P/c1-37-23(33)16-5-3-15(4-6-16)22-12-31-24(38-22)32(17-7-9-20(27)21(28)11-17)13-14-2-8-18(19(26)10-14)25(29,30)39(34,35)36/h2-3,5,7-12H,4,6,13H2,1H3,(H2,34,35,36). The lowest BCUT2D eigenvalue weighted by Gasteiger charge is -2.23. The summed E-state index contributed by atoms with van der Waals surface area (Å²) < 4.78 is 50.6. The molecular formula is C25H20BrCl2F2N2O6P. The number of anilines is 2. The van der Waals surface area contributed by atoms with Gasteiger partial charge in [-0.1, -0.05) is 63.4 Å². The van der Waals surface area contributed by atoms with Gasteiger partial charge in [0.05, 0.1) is 29.9 Å². The average Bonchev–Trinajstić information content (AvgIpc) is 3.38. The minimum Gasteiger partial charge on any atom is -0.466 e. The van der Waals surface area contributed by atoms with Gasteiger partial charge in [0.2, 0.25) is 0 Å².